The number of rotatable bonds is 2. The number of fused-ring (bicyclic) bond motifs is 3. The van der Waals surface area contributed by atoms with Crippen molar-refractivity contribution in [1.29, 1.82) is 0 Å². The van der Waals surface area contributed by atoms with E-state index in [1.54, 1.807) is 6.92 Å². The molecule has 0 bridgehead atoms. The number of hydrogen-bond donors (Lipinski definition) is 2. The SMILES string of the molecule is C/C1=C\C(=O)/C(C(=O)O)=C\NCCc2c1oc1cc(C3CC3)ccc21. The summed E-state index contributed by atoms with van der Waals surface area (Å²) in [6.07, 6.45) is 5.77. The molecule has 5 nitrogen and oxygen atoms in total. The van der Waals surface area contributed by atoms with Crippen LogP contribution in [0.1, 0.15) is 42.6 Å². The van der Waals surface area contributed by atoms with E-state index in [9.17, 15) is 14.7 Å². The molecule has 0 atom stereocenters. The Morgan fingerprint density at radius 3 is 2.84 bits per heavy atom. The van der Waals surface area contributed by atoms with Gasteiger partial charge in [-0.3, -0.25) is 4.79 Å². The summed E-state index contributed by atoms with van der Waals surface area (Å²) in [7, 11) is 0. The number of allylic oxidation sites excluding steroid dienone is 2. The Bertz CT molecular complexity index is 944. The molecule has 0 radical (unpaired) electrons. The minimum Gasteiger partial charge on any atom is -0.477 e. The zero-order valence-electron chi connectivity index (χ0n) is 14.0. The Kier molecular flexibility index (Phi) is 3.71. The summed E-state index contributed by atoms with van der Waals surface area (Å²) in [6, 6.07) is 6.36. The molecule has 128 valence electrons. The van der Waals surface area contributed by atoms with Crippen LogP contribution in [0.15, 0.2) is 40.5 Å². The van der Waals surface area contributed by atoms with Crippen LogP contribution in [0.4, 0.5) is 0 Å². The van der Waals surface area contributed by atoms with E-state index in [0.717, 1.165) is 16.5 Å². The standard InChI is InChI=1S/C20H19NO4/c1-11-8-17(22)16(20(23)24)10-21-7-6-15-14-5-4-13(12-2-3-12)9-18(14)25-19(11)15/h4-5,8-10,12,21H,2-3,6-7H2,1H3,(H,23,24)/b11-8+,16-10+. The van der Waals surface area contributed by atoms with Gasteiger partial charge in [-0.05, 0) is 55.4 Å². The lowest BCUT2D eigenvalue weighted by Gasteiger charge is -2.08. The second-order valence-electron chi connectivity index (χ2n) is 6.70. The fourth-order valence-corrected chi connectivity index (χ4v) is 3.35. The van der Waals surface area contributed by atoms with Crippen molar-refractivity contribution in [2.24, 2.45) is 0 Å². The third kappa shape index (κ3) is 2.86. The van der Waals surface area contributed by atoms with Crippen LogP contribution >= 0.6 is 0 Å². The van der Waals surface area contributed by atoms with Crippen molar-refractivity contribution in [3.05, 3.63) is 52.9 Å². The highest BCUT2D eigenvalue weighted by Gasteiger charge is 2.25. The number of benzene rings is 1. The number of carbonyl (C=O) groups is 2. The summed E-state index contributed by atoms with van der Waals surface area (Å²) < 4.78 is 6.08. The van der Waals surface area contributed by atoms with Crippen molar-refractivity contribution >= 4 is 28.3 Å². The van der Waals surface area contributed by atoms with Crippen LogP contribution in [-0.2, 0) is 16.0 Å². The first-order valence-corrected chi connectivity index (χ1v) is 8.50. The third-order valence-electron chi connectivity index (χ3n) is 4.83. The Hall–Kier alpha value is -2.82. The fraction of sp³-hybridized carbons (Fsp3) is 0.300. The molecular formula is C20H19NO4. The van der Waals surface area contributed by atoms with Crippen LogP contribution in [0.3, 0.4) is 0 Å². The maximum Gasteiger partial charge on any atom is 0.341 e. The van der Waals surface area contributed by atoms with Crippen molar-refractivity contribution in [3.63, 3.8) is 0 Å². The highest BCUT2D eigenvalue weighted by Crippen LogP contribution is 2.42. The number of hydrogen-bond acceptors (Lipinski definition) is 4. The Morgan fingerprint density at radius 1 is 1.32 bits per heavy atom. The molecule has 1 aliphatic carbocycles. The van der Waals surface area contributed by atoms with Gasteiger partial charge in [-0.15, -0.1) is 0 Å². The first kappa shape index (κ1) is 15.7. The predicted octanol–water partition coefficient (Wildman–Crippen LogP) is 3.40. The summed E-state index contributed by atoms with van der Waals surface area (Å²) in [5.41, 5.74) is 3.57. The topological polar surface area (TPSA) is 79.5 Å². The van der Waals surface area contributed by atoms with Gasteiger partial charge in [-0.25, -0.2) is 4.79 Å². The lowest BCUT2D eigenvalue weighted by Crippen LogP contribution is -2.18. The average molecular weight is 337 g/mol. The van der Waals surface area contributed by atoms with E-state index < -0.39 is 11.8 Å². The number of nitrogens with one attached hydrogen (secondary N) is 1. The molecule has 1 aliphatic heterocycles. The van der Waals surface area contributed by atoms with E-state index in [-0.39, 0.29) is 5.57 Å². The highest BCUT2D eigenvalue weighted by atomic mass is 16.4. The Balaban J connectivity index is 1.82. The largest absolute Gasteiger partial charge is 0.477 e. The molecule has 2 aromatic rings. The number of ketones is 1. The van der Waals surface area contributed by atoms with E-state index in [1.807, 2.05) is 0 Å². The normalized spacial score (nSPS) is 22.4. The lowest BCUT2D eigenvalue weighted by atomic mass is 10.00. The molecule has 0 spiro atoms. The van der Waals surface area contributed by atoms with Crippen molar-refractivity contribution in [2.45, 2.75) is 32.1 Å². The van der Waals surface area contributed by atoms with Gasteiger partial charge in [0.2, 0.25) is 0 Å². The number of aliphatic carboxylic acids is 1. The minimum atomic E-state index is -1.24. The van der Waals surface area contributed by atoms with Gasteiger partial charge in [0.05, 0.1) is 0 Å². The molecule has 4 rings (SSSR count). The van der Waals surface area contributed by atoms with E-state index in [2.05, 4.69) is 23.5 Å². The van der Waals surface area contributed by atoms with Gasteiger partial charge < -0.3 is 14.8 Å². The molecular weight excluding hydrogens is 318 g/mol. The van der Waals surface area contributed by atoms with Crippen LogP contribution < -0.4 is 5.32 Å². The van der Waals surface area contributed by atoms with Gasteiger partial charge in [0.1, 0.15) is 16.9 Å². The summed E-state index contributed by atoms with van der Waals surface area (Å²) in [5.74, 6) is -0.457. The molecule has 1 saturated carbocycles. The van der Waals surface area contributed by atoms with Crippen molar-refractivity contribution < 1.29 is 19.1 Å². The number of carbonyl (C=O) groups excluding carboxylic acids is 1. The Labute approximate surface area is 145 Å². The lowest BCUT2D eigenvalue weighted by molar-refractivity contribution is -0.134. The molecule has 1 fully saturated rings. The first-order chi connectivity index (χ1) is 12.0. The molecule has 1 aromatic carbocycles. The van der Waals surface area contributed by atoms with Gasteiger partial charge in [0.15, 0.2) is 5.78 Å². The third-order valence-corrected chi connectivity index (χ3v) is 4.83. The van der Waals surface area contributed by atoms with Gasteiger partial charge in [-0.1, -0.05) is 12.1 Å². The fourth-order valence-electron chi connectivity index (χ4n) is 3.35. The quantitative estimate of drug-likeness (QED) is 0.821. The zero-order chi connectivity index (χ0) is 17.6. The van der Waals surface area contributed by atoms with Crippen LogP contribution in [0, 0.1) is 0 Å². The van der Waals surface area contributed by atoms with Gasteiger partial charge in [-0.2, -0.15) is 0 Å². The molecule has 0 amide bonds. The van der Waals surface area contributed by atoms with Gasteiger partial charge in [0.25, 0.3) is 0 Å². The second-order valence-corrected chi connectivity index (χ2v) is 6.70. The molecule has 2 heterocycles. The number of carboxylic acid groups (broad SMARTS) is 1. The molecule has 1 aromatic heterocycles. The van der Waals surface area contributed by atoms with Crippen LogP contribution in [0.25, 0.3) is 16.5 Å². The molecule has 0 unspecified atom stereocenters. The highest BCUT2D eigenvalue weighted by molar-refractivity contribution is 6.22. The van der Waals surface area contributed by atoms with Crippen molar-refractivity contribution in [2.75, 3.05) is 6.54 Å². The molecule has 0 saturated heterocycles. The van der Waals surface area contributed by atoms with Gasteiger partial charge >= 0.3 is 5.97 Å². The molecule has 2 aliphatic rings. The zero-order valence-corrected chi connectivity index (χ0v) is 14.0. The van der Waals surface area contributed by atoms with E-state index in [4.69, 9.17) is 4.42 Å². The number of carboxylic acids is 1. The van der Waals surface area contributed by atoms with E-state index in [1.165, 1.54) is 30.7 Å². The van der Waals surface area contributed by atoms with Gasteiger partial charge in [0, 0.05) is 23.7 Å². The number of furan rings is 1. The van der Waals surface area contributed by atoms with Crippen molar-refractivity contribution in [3.8, 4) is 0 Å². The maximum atomic E-state index is 12.3. The summed E-state index contributed by atoms with van der Waals surface area (Å²) in [4.78, 5) is 23.5. The minimum absolute atomic E-state index is 0.269. The molecule has 25 heavy (non-hydrogen) atoms. The Morgan fingerprint density at radius 2 is 2.12 bits per heavy atom. The summed E-state index contributed by atoms with van der Waals surface area (Å²) in [5, 5.41) is 13.2. The summed E-state index contributed by atoms with van der Waals surface area (Å²) >= 11 is 0. The van der Waals surface area contributed by atoms with Crippen molar-refractivity contribution in [1.82, 2.24) is 5.32 Å². The first-order valence-electron chi connectivity index (χ1n) is 8.50. The molecule has 5 heteroatoms. The smallest absolute Gasteiger partial charge is 0.341 e. The van der Waals surface area contributed by atoms with E-state index >= 15 is 0 Å². The molecule has 2 N–H and O–H groups in total. The van der Waals surface area contributed by atoms with Crippen LogP contribution in [0.5, 0.6) is 0 Å². The average Bonchev–Trinajstić information content (AvgIpc) is 3.35. The van der Waals surface area contributed by atoms with E-state index in [0.29, 0.717) is 30.2 Å². The predicted molar refractivity (Wildman–Crippen MR) is 94.3 cm³/mol. The van der Waals surface area contributed by atoms with Crippen LogP contribution in [-0.4, -0.2) is 23.4 Å². The maximum absolute atomic E-state index is 12.3. The monoisotopic (exact) mass is 337 g/mol. The van der Waals surface area contributed by atoms with Crippen LogP contribution in [0.2, 0.25) is 0 Å². The summed E-state index contributed by atoms with van der Waals surface area (Å²) in [6.45, 7) is 2.32. The second kappa shape index (κ2) is 5.92.